The van der Waals surface area contributed by atoms with E-state index in [9.17, 15) is 9.90 Å². The van der Waals surface area contributed by atoms with Gasteiger partial charge in [0.15, 0.2) is 0 Å². The van der Waals surface area contributed by atoms with Crippen LogP contribution in [0.15, 0.2) is 24.3 Å². The highest BCUT2D eigenvalue weighted by Gasteiger charge is 2.10. The van der Waals surface area contributed by atoms with Crippen molar-refractivity contribution < 1.29 is 15.0 Å². The van der Waals surface area contributed by atoms with Crippen molar-refractivity contribution in [1.82, 2.24) is 0 Å². The molecule has 1 unspecified atom stereocenters. The number of aryl methyl sites for hydroxylation is 1. The van der Waals surface area contributed by atoms with Crippen LogP contribution in [0.25, 0.3) is 0 Å². The van der Waals surface area contributed by atoms with E-state index < -0.39 is 12.1 Å². The number of aliphatic hydroxyl groups is 1. The summed E-state index contributed by atoms with van der Waals surface area (Å²) in [6, 6.07) is 7.61. The van der Waals surface area contributed by atoms with Gasteiger partial charge >= 0.3 is 5.97 Å². The Bertz CT molecular complexity index is 333. The summed E-state index contributed by atoms with van der Waals surface area (Å²) in [5.41, 5.74) is 1.93. The molecule has 1 aromatic rings. The maximum Gasteiger partial charge on any atom is 0.303 e. The average molecular weight is 208 g/mol. The molecule has 0 spiro atoms. The lowest BCUT2D eigenvalue weighted by Crippen LogP contribution is -2.02. The fourth-order valence-electron chi connectivity index (χ4n) is 1.56. The van der Waals surface area contributed by atoms with Crippen LogP contribution in [0.5, 0.6) is 0 Å². The van der Waals surface area contributed by atoms with Crippen LogP contribution >= 0.6 is 0 Å². The normalized spacial score (nSPS) is 12.4. The molecule has 15 heavy (non-hydrogen) atoms. The Kier molecular flexibility index (Phi) is 4.31. The second-order valence-electron chi connectivity index (χ2n) is 3.66. The highest BCUT2D eigenvalue weighted by Crippen LogP contribution is 2.21. The third-order valence-electron chi connectivity index (χ3n) is 2.42. The van der Waals surface area contributed by atoms with Crippen LogP contribution in [0.4, 0.5) is 0 Å². The summed E-state index contributed by atoms with van der Waals surface area (Å²) in [5, 5.41) is 18.3. The molecular formula is C12H16O3. The number of aliphatic carboxylic acids is 1. The molecule has 2 N–H and O–H groups in total. The van der Waals surface area contributed by atoms with Gasteiger partial charge in [-0.25, -0.2) is 0 Å². The zero-order chi connectivity index (χ0) is 11.3. The molecular weight excluding hydrogens is 192 g/mol. The first-order valence-electron chi connectivity index (χ1n) is 5.06. The number of hydrogen-bond acceptors (Lipinski definition) is 2. The van der Waals surface area contributed by atoms with Gasteiger partial charge in [-0.1, -0.05) is 24.3 Å². The number of carbonyl (C=O) groups is 1. The number of carboxylic acid groups (broad SMARTS) is 1. The molecule has 0 fully saturated rings. The first-order chi connectivity index (χ1) is 7.11. The topological polar surface area (TPSA) is 57.5 Å². The van der Waals surface area contributed by atoms with Gasteiger partial charge < -0.3 is 10.2 Å². The van der Waals surface area contributed by atoms with E-state index in [1.165, 1.54) is 0 Å². The Balaban J connectivity index is 2.50. The number of rotatable bonds is 5. The predicted octanol–water partition coefficient (Wildman–Crippen LogP) is 2.28. The Morgan fingerprint density at radius 2 is 2.07 bits per heavy atom. The fraction of sp³-hybridized carbons (Fsp3) is 0.417. The molecule has 1 atom stereocenters. The van der Waals surface area contributed by atoms with E-state index >= 15 is 0 Å². The SMILES string of the molecule is Cc1ccccc1C(O)CCCC(=O)O. The molecule has 3 heteroatoms. The van der Waals surface area contributed by atoms with Crippen molar-refractivity contribution in [2.75, 3.05) is 0 Å². The van der Waals surface area contributed by atoms with E-state index in [2.05, 4.69) is 0 Å². The minimum absolute atomic E-state index is 0.114. The molecule has 0 aliphatic rings. The van der Waals surface area contributed by atoms with Crippen LogP contribution in [0.1, 0.15) is 36.5 Å². The lowest BCUT2D eigenvalue weighted by Gasteiger charge is -2.12. The molecule has 1 aromatic carbocycles. The van der Waals surface area contributed by atoms with E-state index in [4.69, 9.17) is 5.11 Å². The van der Waals surface area contributed by atoms with Gasteiger partial charge in [-0.15, -0.1) is 0 Å². The van der Waals surface area contributed by atoms with Crippen molar-refractivity contribution in [1.29, 1.82) is 0 Å². The molecule has 1 rings (SSSR count). The summed E-state index contributed by atoms with van der Waals surface area (Å²) >= 11 is 0. The lowest BCUT2D eigenvalue weighted by atomic mass is 9.99. The summed E-state index contributed by atoms with van der Waals surface area (Å²) in [5.74, 6) is -0.813. The Labute approximate surface area is 89.4 Å². The van der Waals surface area contributed by atoms with Gasteiger partial charge in [0, 0.05) is 6.42 Å². The van der Waals surface area contributed by atoms with Crippen molar-refractivity contribution in [2.45, 2.75) is 32.3 Å². The van der Waals surface area contributed by atoms with Crippen molar-refractivity contribution in [3.8, 4) is 0 Å². The van der Waals surface area contributed by atoms with E-state index in [1.807, 2.05) is 31.2 Å². The van der Waals surface area contributed by atoms with E-state index in [0.717, 1.165) is 11.1 Å². The van der Waals surface area contributed by atoms with Crippen molar-refractivity contribution >= 4 is 5.97 Å². The average Bonchev–Trinajstić information content (AvgIpc) is 2.17. The summed E-state index contributed by atoms with van der Waals surface area (Å²) in [7, 11) is 0. The monoisotopic (exact) mass is 208 g/mol. The van der Waals surface area contributed by atoms with E-state index in [1.54, 1.807) is 0 Å². The quantitative estimate of drug-likeness (QED) is 0.780. The molecule has 0 saturated heterocycles. The van der Waals surface area contributed by atoms with Gasteiger partial charge in [-0.2, -0.15) is 0 Å². The van der Waals surface area contributed by atoms with Gasteiger partial charge in [0.25, 0.3) is 0 Å². The molecule has 0 aliphatic carbocycles. The maximum atomic E-state index is 10.3. The van der Waals surface area contributed by atoms with Crippen molar-refractivity contribution in [3.63, 3.8) is 0 Å². The molecule has 0 radical (unpaired) electrons. The standard InChI is InChI=1S/C12H16O3/c1-9-5-2-3-6-10(9)11(13)7-4-8-12(14)15/h2-3,5-6,11,13H,4,7-8H2,1H3,(H,14,15). The minimum Gasteiger partial charge on any atom is -0.481 e. The maximum absolute atomic E-state index is 10.3. The minimum atomic E-state index is -0.813. The zero-order valence-corrected chi connectivity index (χ0v) is 8.81. The van der Waals surface area contributed by atoms with Crippen molar-refractivity contribution in [2.24, 2.45) is 0 Å². The van der Waals surface area contributed by atoms with Gasteiger partial charge in [-0.05, 0) is 30.9 Å². The molecule has 0 bridgehead atoms. The molecule has 82 valence electrons. The third-order valence-corrected chi connectivity index (χ3v) is 2.42. The molecule has 0 aliphatic heterocycles. The zero-order valence-electron chi connectivity index (χ0n) is 8.81. The second kappa shape index (κ2) is 5.51. The second-order valence-corrected chi connectivity index (χ2v) is 3.66. The first-order valence-corrected chi connectivity index (χ1v) is 5.06. The van der Waals surface area contributed by atoms with Crippen LogP contribution < -0.4 is 0 Å². The smallest absolute Gasteiger partial charge is 0.303 e. The molecule has 3 nitrogen and oxygen atoms in total. The van der Waals surface area contributed by atoms with Gasteiger partial charge in [-0.3, -0.25) is 4.79 Å². The van der Waals surface area contributed by atoms with Crippen LogP contribution in [0.2, 0.25) is 0 Å². The van der Waals surface area contributed by atoms with Crippen LogP contribution in [0.3, 0.4) is 0 Å². The number of benzene rings is 1. The van der Waals surface area contributed by atoms with Gasteiger partial charge in [0.05, 0.1) is 6.10 Å². The van der Waals surface area contributed by atoms with Crippen LogP contribution in [-0.2, 0) is 4.79 Å². The number of carboxylic acids is 1. The van der Waals surface area contributed by atoms with Gasteiger partial charge in [0.1, 0.15) is 0 Å². The van der Waals surface area contributed by atoms with Gasteiger partial charge in [0.2, 0.25) is 0 Å². The van der Waals surface area contributed by atoms with E-state index in [0.29, 0.717) is 12.8 Å². The number of hydrogen-bond donors (Lipinski definition) is 2. The molecule has 0 heterocycles. The summed E-state index contributed by atoms with van der Waals surface area (Å²) in [4.78, 5) is 10.3. The number of aliphatic hydroxyl groups excluding tert-OH is 1. The van der Waals surface area contributed by atoms with E-state index in [-0.39, 0.29) is 6.42 Å². The predicted molar refractivity (Wildman–Crippen MR) is 57.6 cm³/mol. The Morgan fingerprint density at radius 3 is 2.67 bits per heavy atom. The van der Waals surface area contributed by atoms with Crippen molar-refractivity contribution in [3.05, 3.63) is 35.4 Å². The highest BCUT2D eigenvalue weighted by atomic mass is 16.4. The van der Waals surface area contributed by atoms with Crippen LogP contribution in [0, 0.1) is 6.92 Å². The fourth-order valence-corrected chi connectivity index (χ4v) is 1.56. The molecule has 0 saturated carbocycles. The third kappa shape index (κ3) is 3.72. The Morgan fingerprint density at radius 1 is 1.40 bits per heavy atom. The summed E-state index contributed by atoms with van der Waals surface area (Å²) in [6.45, 7) is 1.94. The highest BCUT2D eigenvalue weighted by molar-refractivity contribution is 5.66. The first kappa shape index (κ1) is 11.7. The van der Waals surface area contributed by atoms with Crippen LogP contribution in [-0.4, -0.2) is 16.2 Å². The summed E-state index contributed by atoms with van der Waals surface area (Å²) in [6.07, 6.45) is 0.566. The largest absolute Gasteiger partial charge is 0.481 e. The molecule has 0 aromatic heterocycles. The summed E-state index contributed by atoms with van der Waals surface area (Å²) < 4.78 is 0. The molecule has 0 amide bonds. The Hall–Kier alpha value is -1.35. The lowest BCUT2D eigenvalue weighted by molar-refractivity contribution is -0.137.